The Balaban J connectivity index is 2.01. The minimum Gasteiger partial charge on any atom is -0.394 e. The normalized spacial score (nSPS) is 30.9. The van der Waals surface area contributed by atoms with E-state index >= 15 is 0 Å². The van der Waals surface area contributed by atoms with Crippen molar-refractivity contribution in [1.82, 2.24) is 0 Å². The van der Waals surface area contributed by atoms with Crippen molar-refractivity contribution in [3.05, 3.63) is 0 Å². The fourth-order valence-electron chi connectivity index (χ4n) is 2.26. The van der Waals surface area contributed by atoms with Crippen molar-refractivity contribution in [2.75, 3.05) is 13.2 Å². The van der Waals surface area contributed by atoms with Crippen molar-refractivity contribution in [3.63, 3.8) is 0 Å². The molecular weight excluding hydrogens is 248 g/mol. The third-order valence-electron chi connectivity index (χ3n) is 3.53. The Morgan fingerprint density at radius 2 is 1.58 bits per heavy atom. The SMILES string of the molecule is CCCCCCCCCO[C@@H]1O[C@@H](CO)C(O)C1O. The zero-order valence-corrected chi connectivity index (χ0v) is 11.8. The van der Waals surface area contributed by atoms with E-state index in [2.05, 4.69) is 6.92 Å². The van der Waals surface area contributed by atoms with Gasteiger partial charge < -0.3 is 24.8 Å². The van der Waals surface area contributed by atoms with Gasteiger partial charge in [0, 0.05) is 6.61 Å². The van der Waals surface area contributed by atoms with Crippen molar-refractivity contribution in [3.8, 4) is 0 Å². The lowest BCUT2D eigenvalue weighted by Gasteiger charge is -2.15. The van der Waals surface area contributed by atoms with Crippen LogP contribution in [0.3, 0.4) is 0 Å². The van der Waals surface area contributed by atoms with Crippen LogP contribution in [0.1, 0.15) is 51.9 Å². The predicted molar refractivity (Wildman–Crippen MR) is 71.7 cm³/mol. The van der Waals surface area contributed by atoms with E-state index in [0.29, 0.717) is 6.61 Å². The number of aliphatic hydroxyl groups excluding tert-OH is 3. The van der Waals surface area contributed by atoms with Crippen molar-refractivity contribution < 1.29 is 24.8 Å². The highest BCUT2D eigenvalue weighted by atomic mass is 16.7. The van der Waals surface area contributed by atoms with E-state index in [1.54, 1.807) is 0 Å². The zero-order chi connectivity index (χ0) is 14.1. The molecule has 1 aliphatic rings. The summed E-state index contributed by atoms with van der Waals surface area (Å²) in [5.41, 5.74) is 0. The predicted octanol–water partition coefficient (Wildman–Crippen LogP) is 1.19. The highest BCUT2D eigenvalue weighted by Crippen LogP contribution is 2.22. The molecule has 0 aliphatic carbocycles. The number of ether oxygens (including phenoxy) is 2. The molecule has 1 heterocycles. The first-order valence-electron chi connectivity index (χ1n) is 7.44. The first-order valence-corrected chi connectivity index (χ1v) is 7.44. The Hall–Kier alpha value is -0.200. The van der Waals surface area contributed by atoms with E-state index in [0.717, 1.165) is 12.8 Å². The van der Waals surface area contributed by atoms with Crippen molar-refractivity contribution in [2.45, 2.75) is 76.5 Å². The van der Waals surface area contributed by atoms with Gasteiger partial charge in [-0.15, -0.1) is 0 Å². The van der Waals surface area contributed by atoms with E-state index in [1.165, 1.54) is 32.1 Å². The minimum absolute atomic E-state index is 0.310. The van der Waals surface area contributed by atoms with Gasteiger partial charge in [-0.1, -0.05) is 45.4 Å². The van der Waals surface area contributed by atoms with Crippen LogP contribution in [0.15, 0.2) is 0 Å². The smallest absolute Gasteiger partial charge is 0.186 e. The maximum atomic E-state index is 9.65. The number of aliphatic hydroxyl groups is 3. The number of unbranched alkanes of at least 4 members (excludes halogenated alkanes) is 6. The summed E-state index contributed by atoms with van der Waals surface area (Å²) in [7, 11) is 0. The molecule has 114 valence electrons. The third-order valence-corrected chi connectivity index (χ3v) is 3.53. The zero-order valence-electron chi connectivity index (χ0n) is 11.8. The summed E-state index contributed by atoms with van der Waals surface area (Å²) in [6, 6.07) is 0. The van der Waals surface area contributed by atoms with Crippen LogP contribution in [-0.2, 0) is 9.47 Å². The molecule has 2 unspecified atom stereocenters. The summed E-state index contributed by atoms with van der Waals surface area (Å²) in [6.07, 6.45) is 4.68. The minimum atomic E-state index is -1.07. The lowest BCUT2D eigenvalue weighted by atomic mass is 10.1. The highest BCUT2D eigenvalue weighted by molar-refractivity contribution is 4.86. The molecule has 0 aromatic carbocycles. The van der Waals surface area contributed by atoms with Crippen LogP contribution in [0.4, 0.5) is 0 Å². The van der Waals surface area contributed by atoms with Gasteiger partial charge in [0.15, 0.2) is 6.29 Å². The molecule has 0 saturated carbocycles. The summed E-state index contributed by atoms with van der Waals surface area (Å²) in [5.74, 6) is 0. The second kappa shape index (κ2) is 9.66. The van der Waals surface area contributed by atoms with Gasteiger partial charge in [-0.3, -0.25) is 0 Å². The van der Waals surface area contributed by atoms with Gasteiger partial charge in [-0.2, -0.15) is 0 Å². The Kier molecular flexibility index (Phi) is 8.57. The van der Waals surface area contributed by atoms with Crippen molar-refractivity contribution in [2.24, 2.45) is 0 Å². The van der Waals surface area contributed by atoms with E-state index in [-0.39, 0.29) is 6.61 Å². The van der Waals surface area contributed by atoms with Crippen molar-refractivity contribution in [1.29, 1.82) is 0 Å². The molecular formula is C14H28O5. The quantitative estimate of drug-likeness (QED) is 0.522. The molecule has 0 amide bonds. The second-order valence-corrected chi connectivity index (χ2v) is 5.20. The van der Waals surface area contributed by atoms with Crippen LogP contribution < -0.4 is 0 Å². The molecule has 3 N–H and O–H groups in total. The lowest BCUT2D eigenvalue weighted by Crippen LogP contribution is -2.34. The molecule has 5 heteroatoms. The average Bonchev–Trinajstić information content (AvgIpc) is 2.69. The molecule has 0 bridgehead atoms. The molecule has 1 saturated heterocycles. The van der Waals surface area contributed by atoms with Crippen LogP contribution in [-0.4, -0.2) is 53.1 Å². The Labute approximate surface area is 115 Å². The van der Waals surface area contributed by atoms with Gasteiger partial charge in [0.1, 0.15) is 18.3 Å². The maximum absolute atomic E-state index is 9.65. The van der Waals surface area contributed by atoms with Gasteiger partial charge in [-0.05, 0) is 6.42 Å². The van der Waals surface area contributed by atoms with Gasteiger partial charge >= 0.3 is 0 Å². The molecule has 1 aliphatic heterocycles. The van der Waals surface area contributed by atoms with Crippen LogP contribution in [0.5, 0.6) is 0 Å². The molecule has 5 nitrogen and oxygen atoms in total. The molecule has 0 radical (unpaired) electrons. The highest BCUT2D eigenvalue weighted by Gasteiger charge is 2.42. The summed E-state index contributed by atoms with van der Waals surface area (Å²) in [6.45, 7) is 2.41. The molecule has 4 atom stereocenters. The number of rotatable bonds is 10. The summed E-state index contributed by atoms with van der Waals surface area (Å²) in [5, 5.41) is 28.1. The van der Waals surface area contributed by atoms with Gasteiger partial charge in [-0.25, -0.2) is 0 Å². The monoisotopic (exact) mass is 276 g/mol. The van der Waals surface area contributed by atoms with Crippen LogP contribution in [0.2, 0.25) is 0 Å². The van der Waals surface area contributed by atoms with E-state index in [9.17, 15) is 10.2 Å². The van der Waals surface area contributed by atoms with E-state index in [1.807, 2.05) is 0 Å². The Morgan fingerprint density at radius 1 is 0.947 bits per heavy atom. The summed E-state index contributed by atoms with van der Waals surface area (Å²) in [4.78, 5) is 0. The summed E-state index contributed by atoms with van der Waals surface area (Å²) >= 11 is 0. The standard InChI is InChI=1S/C14H28O5/c1-2-3-4-5-6-7-8-9-18-14-13(17)12(16)11(10-15)19-14/h11-17H,2-10H2,1H3/t11-,12?,13?,14+/m0/s1. The van der Waals surface area contributed by atoms with Crippen molar-refractivity contribution >= 4 is 0 Å². The largest absolute Gasteiger partial charge is 0.394 e. The van der Waals surface area contributed by atoms with Crippen LogP contribution in [0.25, 0.3) is 0 Å². The topological polar surface area (TPSA) is 79.2 Å². The molecule has 0 spiro atoms. The van der Waals surface area contributed by atoms with E-state index < -0.39 is 24.6 Å². The number of hydrogen-bond acceptors (Lipinski definition) is 5. The molecule has 0 aromatic rings. The average molecular weight is 276 g/mol. The Morgan fingerprint density at radius 3 is 2.16 bits per heavy atom. The van der Waals surface area contributed by atoms with Gasteiger partial charge in [0.05, 0.1) is 6.61 Å². The maximum Gasteiger partial charge on any atom is 0.186 e. The van der Waals surface area contributed by atoms with Crippen LogP contribution in [0, 0.1) is 0 Å². The first-order chi connectivity index (χ1) is 9.20. The molecule has 1 fully saturated rings. The first kappa shape index (κ1) is 16.9. The third kappa shape index (κ3) is 5.75. The van der Waals surface area contributed by atoms with E-state index in [4.69, 9.17) is 14.6 Å². The van der Waals surface area contributed by atoms with Crippen LogP contribution >= 0.6 is 0 Å². The number of hydrogen-bond donors (Lipinski definition) is 3. The van der Waals surface area contributed by atoms with Gasteiger partial charge in [0.2, 0.25) is 0 Å². The second-order valence-electron chi connectivity index (χ2n) is 5.20. The fourth-order valence-corrected chi connectivity index (χ4v) is 2.26. The summed E-state index contributed by atoms with van der Waals surface area (Å²) < 4.78 is 10.6. The molecule has 0 aromatic heterocycles. The van der Waals surface area contributed by atoms with Gasteiger partial charge in [0.25, 0.3) is 0 Å². The lowest BCUT2D eigenvalue weighted by molar-refractivity contribution is -0.169. The molecule has 1 rings (SSSR count). The Bertz CT molecular complexity index is 224. The fraction of sp³-hybridized carbons (Fsp3) is 1.00. The molecule has 19 heavy (non-hydrogen) atoms.